The summed E-state index contributed by atoms with van der Waals surface area (Å²) in [7, 11) is -0.424. The van der Waals surface area contributed by atoms with Crippen molar-refractivity contribution in [2.45, 2.75) is 116 Å². The molecule has 4 atom stereocenters. The van der Waals surface area contributed by atoms with E-state index >= 15 is 0 Å². The molecule has 4 rings (SSSR count). The van der Waals surface area contributed by atoms with Gasteiger partial charge in [0, 0.05) is 19.6 Å². The van der Waals surface area contributed by atoms with Crippen molar-refractivity contribution < 1.29 is 23.9 Å². The van der Waals surface area contributed by atoms with Crippen LogP contribution in [0.5, 0.6) is 0 Å². The monoisotopic (exact) mass is 648 g/mol. The highest BCUT2D eigenvalue weighted by atomic mass is 28.3. The molecule has 2 aromatic carbocycles. The number of rotatable bonds is 9. The van der Waals surface area contributed by atoms with Gasteiger partial charge in [-0.2, -0.15) is 0 Å². The summed E-state index contributed by atoms with van der Waals surface area (Å²) in [5.74, 6) is -0.877. The second-order valence-corrected chi connectivity index (χ2v) is 19.8. The van der Waals surface area contributed by atoms with Crippen LogP contribution in [0.1, 0.15) is 75.8 Å². The van der Waals surface area contributed by atoms with E-state index < -0.39 is 43.8 Å². The number of benzene rings is 2. The van der Waals surface area contributed by atoms with Gasteiger partial charge in [-0.3, -0.25) is 19.3 Å². The van der Waals surface area contributed by atoms with Crippen LogP contribution < -0.4 is 10.6 Å². The van der Waals surface area contributed by atoms with Crippen LogP contribution in [-0.2, 0) is 38.4 Å². The van der Waals surface area contributed by atoms with Crippen molar-refractivity contribution in [3.8, 4) is 0 Å². The summed E-state index contributed by atoms with van der Waals surface area (Å²) >= 11 is 0. The third-order valence-corrected chi connectivity index (χ3v) is 11.8. The van der Waals surface area contributed by atoms with Crippen molar-refractivity contribution in [2.75, 3.05) is 13.2 Å². The number of likely N-dealkylation sites (N-methyl/N-ethyl adjacent to an activating group) is 1. The van der Waals surface area contributed by atoms with Gasteiger partial charge in [0.2, 0.25) is 17.7 Å². The number of carbonyl (C=O) groups excluding carboxylic acids is 4. The summed E-state index contributed by atoms with van der Waals surface area (Å²) in [4.78, 5) is 57.7. The molecule has 0 aromatic heterocycles. The zero-order valence-electron chi connectivity index (χ0n) is 28.8. The molecule has 1 fully saturated rings. The van der Waals surface area contributed by atoms with Crippen LogP contribution in [0.15, 0.2) is 48.5 Å². The lowest BCUT2D eigenvalue weighted by Crippen LogP contribution is -2.57. The summed E-state index contributed by atoms with van der Waals surface area (Å²) in [5.41, 5.74) is 3.77. The molecule has 2 aromatic rings. The first-order valence-electron chi connectivity index (χ1n) is 16.6. The molecule has 4 amide bonds. The lowest BCUT2D eigenvalue weighted by molar-refractivity contribution is -0.141. The number of carbonyl (C=O) groups is 4. The van der Waals surface area contributed by atoms with E-state index in [2.05, 4.69) is 42.8 Å². The van der Waals surface area contributed by atoms with E-state index in [1.807, 2.05) is 36.4 Å². The Morgan fingerprint density at radius 1 is 1.04 bits per heavy atom. The van der Waals surface area contributed by atoms with Gasteiger partial charge in [-0.05, 0) is 81.7 Å². The maximum atomic E-state index is 14.5. The summed E-state index contributed by atoms with van der Waals surface area (Å²) < 4.78 is 5.46. The maximum absolute atomic E-state index is 14.5. The summed E-state index contributed by atoms with van der Waals surface area (Å²) in [6, 6.07) is 14.4. The molecule has 9 nitrogen and oxygen atoms in total. The van der Waals surface area contributed by atoms with Crippen molar-refractivity contribution in [3.63, 3.8) is 0 Å². The second-order valence-electron chi connectivity index (χ2n) is 14.7. The van der Waals surface area contributed by atoms with Gasteiger partial charge in [-0.15, -0.1) is 0 Å². The van der Waals surface area contributed by atoms with Gasteiger partial charge in [0.05, 0.1) is 14.1 Å². The number of hydrogen-bond acceptors (Lipinski definition) is 5. The fourth-order valence-corrected chi connectivity index (χ4v) is 9.29. The minimum absolute atomic E-state index is 0.0865. The average molecular weight is 649 g/mol. The predicted octanol–water partition coefficient (Wildman–Crippen LogP) is 5.18. The van der Waals surface area contributed by atoms with E-state index in [4.69, 9.17) is 4.74 Å². The largest absolute Gasteiger partial charge is 0.444 e. The Bertz CT molecular complexity index is 1420. The quantitative estimate of drug-likeness (QED) is 0.365. The fraction of sp³-hybridized carbons (Fsp3) is 0.556. The molecule has 0 bridgehead atoms. The van der Waals surface area contributed by atoms with E-state index in [-0.39, 0.29) is 24.3 Å². The van der Waals surface area contributed by atoms with E-state index in [9.17, 15) is 19.2 Å². The highest BCUT2D eigenvalue weighted by molar-refractivity contribution is 6.79. The number of hydrogen-bond donors (Lipinski definition) is 2. The Hall–Kier alpha value is -3.66. The average Bonchev–Trinajstić information content (AvgIpc) is 3.34. The van der Waals surface area contributed by atoms with E-state index in [1.54, 1.807) is 32.6 Å². The predicted molar refractivity (Wildman–Crippen MR) is 183 cm³/mol. The second kappa shape index (κ2) is 14.4. The van der Waals surface area contributed by atoms with Gasteiger partial charge in [0.1, 0.15) is 23.7 Å². The van der Waals surface area contributed by atoms with Crippen LogP contribution in [0, 0.1) is 0 Å². The molecule has 10 heteroatoms. The van der Waals surface area contributed by atoms with Gasteiger partial charge in [0.15, 0.2) is 0 Å². The third kappa shape index (κ3) is 8.78. The molecule has 1 aliphatic carbocycles. The van der Waals surface area contributed by atoms with E-state index in [0.29, 0.717) is 12.2 Å². The molecule has 46 heavy (non-hydrogen) atoms. The van der Waals surface area contributed by atoms with Crippen LogP contribution in [0.2, 0.25) is 19.1 Å². The Labute approximate surface area is 275 Å². The third-order valence-electron chi connectivity index (χ3n) is 9.12. The van der Waals surface area contributed by atoms with Crippen molar-refractivity contribution >= 4 is 31.9 Å². The summed E-state index contributed by atoms with van der Waals surface area (Å²) in [6.07, 6.45) is 3.92. The van der Waals surface area contributed by atoms with Crippen LogP contribution in [0.25, 0.3) is 0 Å². The molecule has 250 valence electrons. The summed E-state index contributed by atoms with van der Waals surface area (Å²) in [6.45, 7) is 13.4. The van der Waals surface area contributed by atoms with Crippen molar-refractivity contribution in [1.82, 2.24) is 20.4 Å². The minimum Gasteiger partial charge on any atom is -0.444 e. The minimum atomic E-state index is -1.93. The standard InChI is InChI=1S/C36H52N4O5Si/c1-9-25-17-19-26(20-18-25)21-30(38-32(41)24(2)39(6)35(44)45-36(3,4)5)34(43)40-23-46(7,8)22-31(40)33(42)37-29-16-12-14-27-13-10-11-15-28(27)29/h10-11,13,15,17-20,24,29-31H,9,12,14,16,21-23H2,1-8H3,(H,37,42)(H,38,41). The first kappa shape index (κ1) is 35.2. The number of amides is 4. The molecule has 0 saturated carbocycles. The Morgan fingerprint density at radius 3 is 2.35 bits per heavy atom. The molecule has 0 spiro atoms. The number of nitrogens with one attached hydrogen (secondary N) is 2. The highest BCUT2D eigenvalue weighted by Crippen LogP contribution is 2.32. The lowest BCUT2D eigenvalue weighted by atomic mass is 9.87. The molecule has 1 heterocycles. The van der Waals surface area contributed by atoms with Gasteiger partial charge in [0.25, 0.3) is 0 Å². The molecular weight excluding hydrogens is 597 g/mol. The smallest absolute Gasteiger partial charge is 0.410 e. The molecule has 0 radical (unpaired) electrons. The van der Waals surface area contributed by atoms with Gasteiger partial charge >= 0.3 is 6.09 Å². The van der Waals surface area contributed by atoms with E-state index in [0.717, 1.165) is 36.8 Å². The molecule has 1 aliphatic heterocycles. The first-order chi connectivity index (χ1) is 21.6. The molecular formula is C36H52N4O5Si. The molecule has 1 saturated heterocycles. The Balaban J connectivity index is 1.57. The number of fused-ring (bicyclic) bond motifs is 1. The topological polar surface area (TPSA) is 108 Å². The van der Waals surface area contributed by atoms with Crippen molar-refractivity contribution in [3.05, 3.63) is 70.8 Å². The maximum Gasteiger partial charge on any atom is 0.410 e. The fourth-order valence-electron chi connectivity index (χ4n) is 6.41. The highest BCUT2D eigenvalue weighted by Gasteiger charge is 2.47. The van der Waals surface area contributed by atoms with Crippen LogP contribution in [0.3, 0.4) is 0 Å². The van der Waals surface area contributed by atoms with Gasteiger partial charge < -0.3 is 20.3 Å². The van der Waals surface area contributed by atoms with E-state index in [1.165, 1.54) is 23.1 Å². The van der Waals surface area contributed by atoms with Crippen LogP contribution in [-0.4, -0.2) is 78.6 Å². The van der Waals surface area contributed by atoms with Crippen molar-refractivity contribution in [1.29, 1.82) is 0 Å². The SMILES string of the molecule is CCc1ccc(CC(NC(=O)C(C)N(C)C(=O)OC(C)(C)C)C(=O)N2C[Si](C)(C)CC2C(=O)NC2CCCc3ccccc32)cc1. The Morgan fingerprint density at radius 2 is 1.70 bits per heavy atom. The number of aryl methyl sites for hydroxylation is 2. The van der Waals surface area contributed by atoms with Crippen LogP contribution in [0.4, 0.5) is 4.79 Å². The Kier molecular flexibility index (Phi) is 11.0. The molecule has 2 N–H and O–H groups in total. The van der Waals surface area contributed by atoms with Gasteiger partial charge in [-0.1, -0.05) is 68.5 Å². The van der Waals surface area contributed by atoms with Crippen molar-refractivity contribution in [2.24, 2.45) is 0 Å². The van der Waals surface area contributed by atoms with Crippen LogP contribution >= 0.6 is 0 Å². The molecule has 4 unspecified atom stereocenters. The zero-order valence-corrected chi connectivity index (χ0v) is 29.8. The summed E-state index contributed by atoms with van der Waals surface area (Å²) in [5, 5.41) is 6.24. The number of ether oxygens (including phenoxy) is 1. The first-order valence-corrected chi connectivity index (χ1v) is 20.0. The number of nitrogens with zero attached hydrogens (tertiary/aromatic N) is 2. The molecule has 2 aliphatic rings. The normalized spacial score (nSPS) is 20.2. The van der Waals surface area contributed by atoms with Gasteiger partial charge in [-0.25, -0.2) is 4.79 Å². The zero-order chi connectivity index (χ0) is 33.8. The lowest BCUT2D eigenvalue weighted by Gasteiger charge is -2.33.